The Hall–Kier alpha value is -0.630. The molecule has 1 fully saturated rings. The summed E-state index contributed by atoms with van der Waals surface area (Å²) in [5.41, 5.74) is 1.20. The van der Waals surface area contributed by atoms with E-state index in [1.165, 1.54) is 28.4 Å². The van der Waals surface area contributed by atoms with Crippen LogP contribution in [0, 0.1) is 0 Å². The molecule has 0 spiro atoms. The Morgan fingerprint density at radius 2 is 1.95 bits per heavy atom. The summed E-state index contributed by atoms with van der Waals surface area (Å²) in [5.74, 6) is 3.01. The number of halogens is 1. The second-order valence-corrected chi connectivity index (χ2v) is 9.66. The number of carbonyl (C=O) groups is 1. The fourth-order valence-electron chi connectivity index (χ4n) is 2.04. The largest absolute Gasteiger partial charge is 0.493 e. The molecule has 0 unspecified atom stereocenters. The molecule has 7 heteroatoms. The van der Waals surface area contributed by atoms with Crippen LogP contribution in [0.3, 0.4) is 0 Å². The van der Waals surface area contributed by atoms with Crippen LogP contribution in [0.1, 0.15) is 19.8 Å². The van der Waals surface area contributed by atoms with Crippen molar-refractivity contribution in [2.24, 2.45) is 0 Å². The van der Waals surface area contributed by atoms with Crippen molar-refractivity contribution in [3.8, 4) is 11.5 Å². The molecule has 1 aromatic carbocycles. The van der Waals surface area contributed by atoms with Crippen molar-refractivity contribution in [2.45, 2.75) is 4.58 Å². The summed E-state index contributed by atoms with van der Waals surface area (Å²) in [4.78, 5) is 12.7. The highest BCUT2D eigenvalue weighted by molar-refractivity contribution is 9.11. The zero-order valence-electron chi connectivity index (χ0n) is 11.7. The van der Waals surface area contributed by atoms with E-state index in [-0.39, 0.29) is 5.97 Å². The van der Waals surface area contributed by atoms with Crippen LogP contribution in [0.2, 0.25) is 0 Å². The Morgan fingerprint density at radius 1 is 1.18 bits per heavy atom. The summed E-state index contributed by atoms with van der Waals surface area (Å²) in [6.45, 7) is 0. The van der Waals surface area contributed by atoms with Crippen LogP contribution in [0.5, 0.6) is 11.5 Å². The normalized spacial score (nSPS) is 15.0. The summed E-state index contributed by atoms with van der Waals surface area (Å²) in [7, 11) is 1.59. The van der Waals surface area contributed by atoms with Crippen molar-refractivity contribution in [2.75, 3.05) is 18.6 Å². The highest BCUT2D eigenvalue weighted by atomic mass is 79.9. The fraction of sp³-hybridized carbons (Fsp3) is 0.267. The maximum atomic E-state index is 12.1. The zero-order chi connectivity index (χ0) is 15.5. The van der Waals surface area contributed by atoms with Gasteiger partial charge in [0.25, 0.3) is 0 Å². The van der Waals surface area contributed by atoms with Crippen LogP contribution >= 0.6 is 50.8 Å². The van der Waals surface area contributed by atoms with E-state index in [2.05, 4.69) is 15.9 Å². The average molecular weight is 417 g/mol. The summed E-state index contributed by atoms with van der Waals surface area (Å²) < 4.78 is 12.2. The highest BCUT2D eigenvalue weighted by Gasteiger charge is 2.21. The second kappa shape index (κ2) is 7.29. The lowest BCUT2D eigenvalue weighted by Gasteiger charge is -2.13. The third-order valence-electron chi connectivity index (χ3n) is 3.06. The van der Waals surface area contributed by atoms with E-state index in [1.54, 1.807) is 13.2 Å². The predicted octanol–water partition coefficient (Wildman–Crippen LogP) is 5.22. The van der Waals surface area contributed by atoms with E-state index in [0.717, 1.165) is 3.79 Å². The van der Waals surface area contributed by atoms with Crippen molar-refractivity contribution in [1.82, 2.24) is 0 Å². The molecule has 1 aliphatic rings. The van der Waals surface area contributed by atoms with Crippen LogP contribution in [0.25, 0.3) is 0 Å². The summed E-state index contributed by atoms with van der Waals surface area (Å²) in [6, 6.07) is 9.35. The number of methoxy groups -OCH3 is 1. The number of rotatable bonds is 4. The van der Waals surface area contributed by atoms with Gasteiger partial charge >= 0.3 is 5.97 Å². The van der Waals surface area contributed by atoms with E-state index in [4.69, 9.17) is 9.47 Å². The predicted molar refractivity (Wildman–Crippen MR) is 97.6 cm³/mol. The number of hydrogen-bond acceptors (Lipinski definition) is 6. The first-order valence-electron chi connectivity index (χ1n) is 6.56. The van der Waals surface area contributed by atoms with Gasteiger partial charge in [-0.25, -0.2) is 4.79 Å². The van der Waals surface area contributed by atoms with Gasteiger partial charge in [-0.15, -0.1) is 34.9 Å². The van der Waals surface area contributed by atoms with Crippen LogP contribution in [0.4, 0.5) is 0 Å². The minimum absolute atomic E-state index is 0.369. The Bertz CT molecular complexity index is 680. The van der Waals surface area contributed by atoms with E-state index in [0.29, 0.717) is 21.0 Å². The quantitative estimate of drug-likeness (QED) is 0.504. The molecule has 116 valence electrons. The van der Waals surface area contributed by atoms with Crippen LogP contribution in [-0.4, -0.2) is 24.6 Å². The monoisotopic (exact) mass is 416 g/mol. The molecule has 0 aliphatic carbocycles. The third-order valence-corrected chi connectivity index (χ3v) is 7.77. The molecule has 0 atom stereocenters. The van der Waals surface area contributed by atoms with E-state index < -0.39 is 0 Å². The van der Waals surface area contributed by atoms with Gasteiger partial charge in [0, 0.05) is 11.5 Å². The SMILES string of the molecule is COc1cc(C2SCCS2)ccc1OC(=O)c1ccc(Br)s1. The maximum Gasteiger partial charge on any atom is 0.353 e. The van der Waals surface area contributed by atoms with Crippen LogP contribution in [-0.2, 0) is 0 Å². The standard InChI is InChI=1S/C15H13BrO3S3/c1-18-11-8-9(15-20-6-7-21-15)2-3-10(11)19-14(17)12-4-5-13(16)22-12/h2-5,8,15H,6-7H2,1H3. The van der Waals surface area contributed by atoms with Gasteiger partial charge in [-0.1, -0.05) is 6.07 Å². The van der Waals surface area contributed by atoms with Gasteiger partial charge in [0.1, 0.15) is 4.88 Å². The second-order valence-electron chi connectivity index (χ2n) is 4.48. The van der Waals surface area contributed by atoms with Gasteiger partial charge < -0.3 is 9.47 Å². The molecule has 1 saturated heterocycles. The van der Waals surface area contributed by atoms with Gasteiger partial charge in [0.05, 0.1) is 15.5 Å². The van der Waals surface area contributed by atoms with Crippen molar-refractivity contribution < 1.29 is 14.3 Å². The number of thiophene rings is 1. The molecule has 1 aliphatic heterocycles. The number of carbonyl (C=O) groups excluding carboxylic acids is 1. The van der Waals surface area contributed by atoms with Gasteiger partial charge in [-0.3, -0.25) is 0 Å². The van der Waals surface area contributed by atoms with E-state index >= 15 is 0 Å². The molecule has 0 N–H and O–H groups in total. The molecule has 2 heterocycles. The molecule has 0 saturated carbocycles. The number of esters is 1. The Kier molecular flexibility index (Phi) is 5.38. The lowest BCUT2D eigenvalue weighted by Crippen LogP contribution is -2.07. The molecule has 0 bridgehead atoms. The number of hydrogen-bond donors (Lipinski definition) is 0. The van der Waals surface area contributed by atoms with Gasteiger partial charge in [0.15, 0.2) is 11.5 Å². The Balaban J connectivity index is 1.79. The molecule has 3 rings (SSSR count). The van der Waals surface area contributed by atoms with Gasteiger partial charge in [-0.05, 0) is 45.8 Å². The van der Waals surface area contributed by atoms with Gasteiger partial charge in [0.2, 0.25) is 0 Å². The molecule has 3 nitrogen and oxygen atoms in total. The first-order chi connectivity index (χ1) is 10.7. The first kappa shape index (κ1) is 16.2. The molecular weight excluding hydrogens is 404 g/mol. The fourth-order valence-corrected chi connectivity index (χ4v) is 6.14. The Morgan fingerprint density at radius 3 is 2.59 bits per heavy atom. The van der Waals surface area contributed by atoms with Gasteiger partial charge in [-0.2, -0.15) is 0 Å². The van der Waals surface area contributed by atoms with Crippen molar-refractivity contribution in [3.05, 3.63) is 44.6 Å². The van der Waals surface area contributed by atoms with Crippen molar-refractivity contribution in [1.29, 1.82) is 0 Å². The maximum absolute atomic E-state index is 12.1. The summed E-state index contributed by atoms with van der Waals surface area (Å²) >= 11 is 8.55. The van der Waals surface area contributed by atoms with Crippen molar-refractivity contribution in [3.63, 3.8) is 0 Å². The number of ether oxygens (including phenoxy) is 2. The van der Waals surface area contributed by atoms with Crippen LogP contribution in [0.15, 0.2) is 34.1 Å². The topological polar surface area (TPSA) is 35.5 Å². The minimum Gasteiger partial charge on any atom is -0.493 e. The van der Waals surface area contributed by atoms with Crippen molar-refractivity contribution >= 4 is 56.8 Å². The smallest absolute Gasteiger partial charge is 0.353 e. The molecular formula is C15H13BrO3S3. The molecule has 2 aromatic rings. The minimum atomic E-state index is -0.369. The van der Waals surface area contributed by atoms with Crippen LogP contribution < -0.4 is 9.47 Å². The lowest BCUT2D eigenvalue weighted by atomic mass is 10.2. The number of thioether (sulfide) groups is 2. The average Bonchev–Trinajstić information content (AvgIpc) is 3.19. The number of benzene rings is 1. The zero-order valence-corrected chi connectivity index (χ0v) is 15.7. The lowest BCUT2D eigenvalue weighted by molar-refractivity contribution is 0.0735. The summed E-state index contributed by atoms with van der Waals surface area (Å²) in [6.07, 6.45) is 0. The molecule has 22 heavy (non-hydrogen) atoms. The Labute approximate surface area is 149 Å². The molecule has 0 radical (unpaired) electrons. The molecule has 1 aromatic heterocycles. The third kappa shape index (κ3) is 3.64. The first-order valence-corrected chi connectivity index (χ1v) is 10.3. The van der Waals surface area contributed by atoms with E-state index in [9.17, 15) is 4.79 Å². The van der Waals surface area contributed by atoms with E-state index in [1.807, 2.05) is 47.8 Å². The molecule has 0 amide bonds. The highest BCUT2D eigenvalue weighted by Crippen LogP contribution is 2.47. The summed E-state index contributed by atoms with van der Waals surface area (Å²) in [5, 5.41) is 0.